The van der Waals surface area contributed by atoms with Crippen molar-refractivity contribution in [1.29, 1.82) is 0 Å². The Kier molecular flexibility index (Phi) is 5.40. The summed E-state index contributed by atoms with van der Waals surface area (Å²) in [5, 5.41) is 2.98. The summed E-state index contributed by atoms with van der Waals surface area (Å²) in [6.07, 6.45) is 0.640. The number of nitrogens with zero attached hydrogens (tertiary/aromatic N) is 1. The van der Waals surface area contributed by atoms with Crippen molar-refractivity contribution >= 4 is 17.5 Å². The van der Waals surface area contributed by atoms with E-state index in [0.717, 1.165) is 22.4 Å². The molecule has 2 atom stereocenters. The summed E-state index contributed by atoms with van der Waals surface area (Å²) in [5.41, 5.74) is 4.30. The third-order valence-corrected chi connectivity index (χ3v) is 5.05. The van der Waals surface area contributed by atoms with Gasteiger partial charge in [-0.3, -0.25) is 9.59 Å². The lowest BCUT2D eigenvalue weighted by Gasteiger charge is -2.21. The molecule has 0 radical (unpaired) electrons. The van der Waals surface area contributed by atoms with E-state index in [1.807, 2.05) is 69.3 Å². The molecule has 0 spiro atoms. The Hall–Kier alpha value is -2.62. The Labute approximate surface area is 155 Å². The van der Waals surface area contributed by atoms with Gasteiger partial charge in [-0.1, -0.05) is 36.4 Å². The van der Waals surface area contributed by atoms with E-state index in [4.69, 9.17) is 0 Å². The molecule has 4 heteroatoms. The van der Waals surface area contributed by atoms with E-state index in [1.54, 1.807) is 4.90 Å². The molecular formula is C22H26N2O2. The van der Waals surface area contributed by atoms with Crippen LogP contribution in [0, 0.1) is 25.7 Å². The van der Waals surface area contributed by atoms with E-state index >= 15 is 0 Å². The van der Waals surface area contributed by atoms with Gasteiger partial charge in [0, 0.05) is 18.8 Å². The molecule has 1 fully saturated rings. The minimum Gasteiger partial charge on any atom is -0.352 e. The first-order valence-electron chi connectivity index (χ1n) is 9.21. The molecule has 0 aromatic heterocycles. The first kappa shape index (κ1) is 18.2. The smallest absolute Gasteiger partial charge is 0.230 e. The Bertz CT molecular complexity index is 815. The van der Waals surface area contributed by atoms with Gasteiger partial charge in [-0.25, -0.2) is 0 Å². The standard InChI is InChI=1S/C22H26N2O2/c1-4-24(18-11-7-8-15(2)12-18)22(26)20-13-19(20)21(25)23-14-17-10-6-5-9-16(17)3/h5-12,19-20H,4,13-14H2,1-3H3,(H,23,25). The average Bonchev–Trinajstić information content (AvgIpc) is 3.42. The summed E-state index contributed by atoms with van der Waals surface area (Å²) in [7, 11) is 0. The predicted molar refractivity (Wildman–Crippen MR) is 104 cm³/mol. The van der Waals surface area contributed by atoms with Crippen molar-refractivity contribution in [1.82, 2.24) is 5.32 Å². The number of benzene rings is 2. The van der Waals surface area contributed by atoms with Gasteiger partial charge in [0.05, 0.1) is 11.8 Å². The molecular weight excluding hydrogens is 324 g/mol. The summed E-state index contributed by atoms with van der Waals surface area (Å²) in [6, 6.07) is 15.9. The highest BCUT2D eigenvalue weighted by Gasteiger charge is 2.49. The second kappa shape index (κ2) is 7.73. The van der Waals surface area contributed by atoms with Crippen LogP contribution >= 0.6 is 0 Å². The van der Waals surface area contributed by atoms with E-state index in [-0.39, 0.29) is 23.7 Å². The number of anilines is 1. The van der Waals surface area contributed by atoms with Gasteiger partial charge < -0.3 is 10.2 Å². The fraction of sp³-hybridized carbons (Fsp3) is 0.364. The minimum atomic E-state index is -0.203. The lowest BCUT2D eigenvalue weighted by atomic mass is 10.1. The zero-order valence-electron chi connectivity index (χ0n) is 15.7. The van der Waals surface area contributed by atoms with Crippen LogP contribution in [0.3, 0.4) is 0 Å². The lowest BCUT2D eigenvalue weighted by Crippen LogP contribution is -2.34. The molecule has 1 N–H and O–H groups in total. The topological polar surface area (TPSA) is 49.4 Å². The van der Waals surface area contributed by atoms with Crippen LogP contribution in [0.15, 0.2) is 48.5 Å². The molecule has 1 saturated carbocycles. The number of hydrogen-bond donors (Lipinski definition) is 1. The molecule has 0 saturated heterocycles. The van der Waals surface area contributed by atoms with Gasteiger partial charge in [0.25, 0.3) is 0 Å². The number of amides is 2. The summed E-state index contributed by atoms with van der Waals surface area (Å²) in [4.78, 5) is 27.0. The fourth-order valence-electron chi connectivity index (χ4n) is 3.34. The Morgan fingerprint density at radius 3 is 2.54 bits per heavy atom. The summed E-state index contributed by atoms with van der Waals surface area (Å²) < 4.78 is 0. The second-order valence-corrected chi connectivity index (χ2v) is 7.01. The third-order valence-electron chi connectivity index (χ3n) is 5.05. The number of carbonyl (C=O) groups is 2. The van der Waals surface area contributed by atoms with Crippen LogP contribution in [0.2, 0.25) is 0 Å². The predicted octanol–water partition coefficient (Wildman–Crippen LogP) is 3.61. The third kappa shape index (κ3) is 3.96. The van der Waals surface area contributed by atoms with E-state index in [2.05, 4.69) is 5.32 Å². The summed E-state index contributed by atoms with van der Waals surface area (Å²) >= 11 is 0. The van der Waals surface area contributed by atoms with E-state index in [0.29, 0.717) is 19.5 Å². The molecule has 2 aromatic carbocycles. The van der Waals surface area contributed by atoms with Crippen LogP contribution in [-0.2, 0) is 16.1 Å². The number of aryl methyl sites for hydroxylation is 2. The Balaban J connectivity index is 1.59. The van der Waals surface area contributed by atoms with Crippen molar-refractivity contribution in [2.75, 3.05) is 11.4 Å². The molecule has 2 unspecified atom stereocenters. The number of rotatable bonds is 6. The first-order chi connectivity index (χ1) is 12.5. The van der Waals surface area contributed by atoms with Gasteiger partial charge in [0.15, 0.2) is 0 Å². The maximum Gasteiger partial charge on any atom is 0.230 e. The molecule has 2 aromatic rings. The molecule has 0 aliphatic heterocycles. The quantitative estimate of drug-likeness (QED) is 0.865. The van der Waals surface area contributed by atoms with E-state index in [1.165, 1.54) is 0 Å². The number of nitrogens with one attached hydrogen (secondary N) is 1. The van der Waals surface area contributed by atoms with Gasteiger partial charge in [-0.05, 0) is 56.0 Å². The highest BCUT2D eigenvalue weighted by atomic mass is 16.2. The SMILES string of the molecule is CCN(C(=O)C1CC1C(=O)NCc1ccccc1C)c1cccc(C)c1. The highest BCUT2D eigenvalue weighted by Crippen LogP contribution is 2.41. The van der Waals surface area contributed by atoms with Gasteiger partial charge in [0.2, 0.25) is 11.8 Å². The van der Waals surface area contributed by atoms with Gasteiger partial charge in [0.1, 0.15) is 0 Å². The molecule has 4 nitrogen and oxygen atoms in total. The Morgan fingerprint density at radius 1 is 1.08 bits per heavy atom. The van der Waals surface area contributed by atoms with Crippen LogP contribution in [0.1, 0.15) is 30.0 Å². The molecule has 0 heterocycles. The first-order valence-corrected chi connectivity index (χ1v) is 9.21. The van der Waals surface area contributed by atoms with Crippen LogP contribution in [-0.4, -0.2) is 18.4 Å². The molecule has 2 amide bonds. The fourth-order valence-corrected chi connectivity index (χ4v) is 3.34. The maximum atomic E-state index is 12.8. The Morgan fingerprint density at radius 2 is 1.85 bits per heavy atom. The normalized spacial score (nSPS) is 18.3. The molecule has 3 rings (SSSR count). The zero-order chi connectivity index (χ0) is 18.7. The molecule has 0 bridgehead atoms. The van der Waals surface area contributed by atoms with Crippen molar-refractivity contribution in [3.8, 4) is 0 Å². The van der Waals surface area contributed by atoms with E-state index in [9.17, 15) is 9.59 Å². The molecule has 26 heavy (non-hydrogen) atoms. The van der Waals surface area contributed by atoms with Crippen LogP contribution in [0.5, 0.6) is 0 Å². The van der Waals surface area contributed by atoms with Crippen LogP contribution in [0.4, 0.5) is 5.69 Å². The highest BCUT2D eigenvalue weighted by molar-refractivity contribution is 6.01. The van der Waals surface area contributed by atoms with Crippen LogP contribution in [0.25, 0.3) is 0 Å². The van der Waals surface area contributed by atoms with Gasteiger partial charge in [-0.2, -0.15) is 0 Å². The van der Waals surface area contributed by atoms with E-state index < -0.39 is 0 Å². The number of hydrogen-bond acceptors (Lipinski definition) is 2. The van der Waals surface area contributed by atoms with Gasteiger partial charge >= 0.3 is 0 Å². The van der Waals surface area contributed by atoms with Crippen molar-refractivity contribution in [3.05, 3.63) is 65.2 Å². The van der Waals surface area contributed by atoms with Gasteiger partial charge in [-0.15, -0.1) is 0 Å². The lowest BCUT2D eigenvalue weighted by molar-refractivity contribution is -0.126. The average molecular weight is 350 g/mol. The molecule has 1 aliphatic carbocycles. The van der Waals surface area contributed by atoms with Crippen molar-refractivity contribution < 1.29 is 9.59 Å². The number of carbonyl (C=O) groups excluding carboxylic acids is 2. The van der Waals surface area contributed by atoms with Crippen LogP contribution < -0.4 is 10.2 Å². The second-order valence-electron chi connectivity index (χ2n) is 7.01. The van der Waals surface area contributed by atoms with Crippen molar-refractivity contribution in [2.45, 2.75) is 33.7 Å². The summed E-state index contributed by atoms with van der Waals surface area (Å²) in [6.45, 7) is 7.14. The molecule has 1 aliphatic rings. The van der Waals surface area contributed by atoms with Crippen molar-refractivity contribution in [2.24, 2.45) is 11.8 Å². The maximum absolute atomic E-state index is 12.8. The summed E-state index contributed by atoms with van der Waals surface area (Å²) in [5.74, 6) is -0.376. The van der Waals surface area contributed by atoms with Crippen molar-refractivity contribution in [3.63, 3.8) is 0 Å². The molecule has 136 valence electrons. The largest absolute Gasteiger partial charge is 0.352 e. The monoisotopic (exact) mass is 350 g/mol. The minimum absolute atomic E-state index is 0.0214. The zero-order valence-corrected chi connectivity index (χ0v) is 15.7.